The summed E-state index contributed by atoms with van der Waals surface area (Å²) in [5.74, 6) is 0.299. The van der Waals surface area contributed by atoms with E-state index >= 15 is 0 Å². The molecule has 148 valence electrons. The molecule has 0 saturated carbocycles. The van der Waals surface area contributed by atoms with Crippen molar-refractivity contribution in [2.75, 3.05) is 0 Å². The summed E-state index contributed by atoms with van der Waals surface area (Å²) in [7, 11) is 0. The van der Waals surface area contributed by atoms with E-state index in [4.69, 9.17) is 33.7 Å². The number of ether oxygens (including phenoxy) is 1. The van der Waals surface area contributed by atoms with E-state index < -0.39 is 17.7 Å². The molecule has 0 aliphatic carbocycles. The van der Waals surface area contributed by atoms with Crippen molar-refractivity contribution >= 4 is 34.8 Å². The number of guanidine groups is 1. The van der Waals surface area contributed by atoms with Crippen molar-refractivity contribution in [3.05, 3.63) is 57.6 Å². The molecule has 1 heterocycles. The molecule has 0 spiro atoms. The van der Waals surface area contributed by atoms with Crippen LogP contribution in [-0.2, 0) is 0 Å². The Labute approximate surface area is 178 Å². The van der Waals surface area contributed by atoms with Crippen LogP contribution >= 0.6 is 23.2 Å². The Morgan fingerprint density at radius 1 is 1.21 bits per heavy atom. The molecule has 7 nitrogen and oxygen atoms in total. The van der Waals surface area contributed by atoms with Gasteiger partial charge in [-0.15, -0.1) is 0 Å². The molecule has 2 aromatic carbocycles. The van der Waals surface area contributed by atoms with Crippen LogP contribution < -0.4 is 10.5 Å². The molecule has 0 aromatic heterocycles. The second kappa shape index (κ2) is 7.81. The first-order valence-electron chi connectivity index (χ1n) is 8.57. The summed E-state index contributed by atoms with van der Waals surface area (Å²) >= 11 is 11.9. The van der Waals surface area contributed by atoms with Crippen LogP contribution in [0, 0.1) is 22.8 Å². The third-order valence-corrected chi connectivity index (χ3v) is 5.36. The summed E-state index contributed by atoms with van der Waals surface area (Å²) in [4.78, 5) is 5.34. The summed E-state index contributed by atoms with van der Waals surface area (Å²) < 4.78 is 5.87. The van der Waals surface area contributed by atoms with Crippen molar-refractivity contribution in [1.82, 2.24) is 4.90 Å². The predicted molar refractivity (Wildman–Crippen MR) is 110 cm³/mol. The lowest BCUT2D eigenvalue weighted by molar-refractivity contribution is -0.0751. The largest absolute Gasteiger partial charge is 0.485 e. The van der Waals surface area contributed by atoms with Gasteiger partial charge in [0.25, 0.3) is 0 Å². The number of aliphatic hydroxyl groups excluding tert-OH is 1. The number of aliphatic hydroxyl groups is 1. The zero-order chi connectivity index (χ0) is 21.3. The molecular weight excluding hydrogens is 413 g/mol. The molecule has 0 radical (unpaired) electrons. The average molecular weight is 430 g/mol. The minimum Gasteiger partial charge on any atom is -0.485 e. The van der Waals surface area contributed by atoms with Crippen LogP contribution in [0.25, 0.3) is 0 Å². The van der Waals surface area contributed by atoms with Gasteiger partial charge in [0.15, 0.2) is 6.19 Å². The lowest BCUT2D eigenvalue weighted by Gasteiger charge is -2.44. The molecule has 0 unspecified atom stereocenters. The first-order valence-corrected chi connectivity index (χ1v) is 9.33. The first kappa shape index (κ1) is 20.8. The minimum absolute atomic E-state index is 0.152. The second-order valence-electron chi connectivity index (χ2n) is 7.00. The van der Waals surface area contributed by atoms with E-state index in [9.17, 15) is 15.6 Å². The monoisotopic (exact) mass is 429 g/mol. The van der Waals surface area contributed by atoms with Crippen LogP contribution in [0.2, 0.25) is 10.0 Å². The zero-order valence-electron chi connectivity index (χ0n) is 15.6. The van der Waals surface area contributed by atoms with Crippen molar-refractivity contribution < 1.29 is 9.84 Å². The molecule has 3 N–H and O–H groups in total. The van der Waals surface area contributed by atoms with Crippen molar-refractivity contribution in [3.63, 3.8) is 0 Å². The van der Waals surface area contributed by atoms with Crippen LogP contribution in [0.15, 0.2) is 41.4 Å². The highest BCUT2D eigenvalue weighted by molar-refractivity contribution is 6.42. The summed E-state index contributed by atoms with van der Waals surface area (Å²) in [6.07, 6.45) is 0.851. The zero-order valence-corrected chi connectivity index (χ0v) is 17.1. The highest BCUT2D eigenvalue weighted by Gasteiger charge is 2.46. The number of fused-ring (bicyclic) bond motifs is 1. The Morgan fingerprint density at radius 3 is 2.55 bits per heavy atom. The van der Waals surface area contributed by atoms with Gasteiger partial charge in [0, 0.05) is 5.56 Å². The number of hydrogen-bond acceptors (Lipinski definition) is 5. The van der Waals surface area contributed by atoms with Gasteiger partial charge in [-0.25, -0.2) is 9.89 Å². The molecule has 9 heteroatoms. The predicted octanol–water partition coefficient (Wildman–Crippen LogP) is 3.87. The molecule has 2 atom stereocenters. The molecule has 29 heavy (non-hydrogen) atoms. The van der Waals surface area contributed by atoms with Crippen LogP contribution in [0.4, 0.5) is 5.69 Å². The Kier molecular flexibility index (Phi) is 5.59. The van der Waals surface area contributed by atoms with Gasteiger partial charge in [-0.1, -0.05) is 23.2 Å². The quantitative estimate of drug-likeness (QED) is 0.323. The second-order valence-corrected chi connectivity index (χ2v) is 7.81. The molecular formula is C20H17Cl2N5O2. The van der Waals surface area contributed by atoms with Crippen LogP contribution in [0.1, 0.15) is 31.0 Å². The summed E-state index contributed by atoms with van der Waals surface area (Å²) in [6, 6.07) is 10.6. The molecule has 1 aliphatic heterocycles. The fourth-order valence-corrected chi connectivity index (χ4v) is 3.41. The molecule has 0 bridgehead atoms. The fraction of sp³-hybridized carbons (Fsp3) is 0.250. The number of rotatable bonds is 2. The molecule has 1 aliphatic rings. The Hall–Kier alpha value is -2.97. The average Bonchev–Trinajstić information content (AvgIpc) is 2.67. The van der Waals surface area contributed by atoms with Crippen LogP contribution in [-0.4, -0.2) is 27.7 Å². The Balaban J connectivity index is 2.10. The lowest BCUT2D eigenvalue weighted by atomic mass is 9.85. The van der Waals surface area contributed by atoms with Gasteiger partial charge in [0.1, 0.15) is 23.5 Å². The fourth-order valence-electron chi connectivity index (χ4n) is 3.11. The number of nitriles is 2. The number of hydrogen-bond donors (Lipinski definition) is 2. The molecule has 2 aromatic rings. The number of halogens is 2. The summed E-state index contributed by atoms with van der Waals surface area (Å²) in [5.41, 5.74) is 6.33. The Bertz CT molecular complexity index is 1070. The molecule has 0 saturated heterocycles. The lowest BCUT2D eigenvalue weighted by Crippen LogP contribution is -2.54. The molecule has 3 rings (SSSR count). The number of nitrogens with two attached hydrogens (primary N) is 1. The van der Waals surface area contributed by atoms with Crippen molar-refractivity contribution in [3.8, 4) is 18.0 Å². The van der Waals surface area contributed by atoms with Crippen molar-refractivity contribution in [2.24, 2.45) is 10.7 Å². The van der Waals surface area contributed by atoms with Crippen LogP contribution in [0.3, 0.4) is 0 Å². The van der Waals surface area contributed by atoms with Gasteiger partial charge in [-0.2, -0.15) is 10.5 Å². The minimum atomic E-state index is -1.13. The number of benzene rings is 2. The van der Waals surface area contributed by atoms with Gasteiger partial charge in [-0.3, -0.25) is 0 Å². The van der Waals surface area contributed by atoms with E-state index in [1.54, 1.807) is 44.2 Å². The highest BCUT2D eigenvalue weighted by atomic mass is 35.5. The van der Waals surface area contributed by atoms with Gasteiger partial charge in [0.2, 0.25) is 5.96 Å². The van der Waals surface area contributed by atoms with Gasteiger partial charge >= 0.3 is 0 Å². The third kappa shape index (κ3) is 3.94. The summed E-state index contributed by atoms with van der Waals surface area (Å²) in [6.45, 7) is 3.40. The van der Waals surface area contributed by atoms with Gasteiger partial charge in [0.05, 0.1) is 27.4 Å². The highest BCUT2D eigenvalue weighted by Crippen LogP contribution is 2.43. The normalized spacial score (nSPS) is 20.0. The maximum absolute atomic E-state index is 11.0. The number of aliphatic imine (C=N–C) groups is 1. The molecule has 0 amide bonds. The van der Waals surface area contributed by atoms with Gasteiger partial charge in [-0.05, 0) is 50.2 Å². The van der Waals surface area contributed by atoms with E-state index in [-0.39, 0.29) is 5.96 Å². The summed E-state index contributed by atoms with van der Waals surface area (Å²) in [5, 5.41) is 30.7. The Morgan fingerprint density at radius 2 is 1.93 bits per heavy atom. The van der Waals surface area contributed by atoms with Crippen molar-refractivity contribution in [1.29, 1.82) is 10.5 Å². The van der Waals surface area contributed by atoms with E-state index in [2.05, 4.69) is 4.99 Å². The van der Waals surface area contributed by atoms with Gasteiger partial charge < -0.3 is 15.6 Å². The SMILES string of the molecule is CC1(C)Oc2ccc(C#N)cc2[C@@H](N(C#N)C(N)=Nc2ccc(Cl)c(Cl)c2)[C@@H]1O. The maximum atomic E-state index is 11.0. The van der Waals surface area contributed by atoms with E-state index in [1.807, 2.05) is 12.3 Å². The smallest absolute Gasteiger partial charge is 0.210 e. The topological polar surface area (TPSA) is 119 Å². The van der Waals surface area contributed by atoms with E-state index in [0.29, 0.717) is 32.6 Å². The molecule has 0 fully saturated rings. The number of nitrogens with zero attached hydrogens (tertiary/aromatic N) is 4. The third-order valence-electron chi connectivity index (χ3n) is 4.62. The van der Waals surface area contributed by atoms with E-state index in [1.165, 1.54) is 6.07 Å². The van der Waals surface area contributed by atoms with Crippen molar-refractivity contribution in [2.45, 2.75) is 31.6 Å². The van der Waals surface area contributed by atoms with E-state index in [0.717, 1.165) is 4.90 Å². The maximum Gasteiger partial charge on any atom is 0.210 e. The standard InChI is InChI=1S/C20H17Cl2N5O2/c1-20(2)18(28)17(13-7-11(9-23)3-6-16(13)29-20)27(10-24)19(25)26-12-4-5-14(21)15(22)8-12/h3-8,17-18,28H,1-2H3,(H2,25,26)/t17-,18+/m1/s1. The van der Waals surface area contributed by atoms with Crippen LogP contribution in [0.5, 0.6) is 5.75 Å². The first-order chi connectivity index (χ1) is 13.7.